The maximum absolute atomic E-state index is 8.95. The molecule has 0 aliphatic heterocycles. The number of aryl methyl sites for hydroxylation is 1. The van der Waals surface area contributed by atoms with Crippen LogP contribution < -0.4 is 5.73 Å². The number of hydrogen-bond acceptors (Lipinski definition) is 6. The van der Waals surface area contributed by atoms with Crippen LogP contribution >= 0.6 is 0 Å². The van der Waals surface area contributed by atoms with Gasteiger partial charge >= 0.3 is 0 Å². The van der Waals surface area contributed by atoms with Crippen LogP contribution in [0.3, 0.4) is 0 Å². The zero-order valence-corrected chi connectivity index (χ0v) is 13.9. The molecule has 4 aromatic rings. The number of aromatic nitrogens is 6. The summed E-state index contributed by atoms with van der Waals surface area (Å²) >= 11 is 0. The standard InChI is InChI=1S/C11H16N4.C6H5N3O/c12-8-4-1-5-9-15-13-10-6-2-3-7-11(10)14-15;10-9-6-4-2-1-3-5(6)7-8-9/h2-3,6-7H,1,4-5,8-9,12H2;1-4,10H. The summed E-state index contributed by atoms with van der Waals surface area (Å²) in [6, 6.07) is 15.1. The molecule has 0 amide bonds. The van der Waals surface area contributed by atoms with E-state index in [0.29, 0.717) is 11.0 Å². The summed E-state index contributed by atoms with van der Waals surface area (Å²) in [5, 5.41) is 24.8. The molecule has 25 heavy (non-hydrogen) atoms. The van der Waals surface area contributed by atoms with Gasteiger partial charge in [0.25, 0.3) is 0 Å². The number of benzene rings is 2. The monoisotopic (exact) mass is 339 g/mol. The van der Waals surface area contributed by atoms with E-state index in [0.717, 1.165) is 48.2 Å². The number of rotatable bonds is 5. The summed E-state index contributed by atoms with van der Waals surface area (Å²) in [6.07, 6.45) is 3.33. The maximum atomic E-state index is 8.95. The topological polar surface area (TPSA) is 108 Å². The van der Waals surface area contributed by atoms with Crippen LogP contribution in [-0.2, 0) is 6.54 Å². The Hall–Kier alpha value is -3.00. The van der Waals surface area contributed by atoms with E-state index >= 15 is 0 Å². The summed E-state index contributed by atoms with van der Waals surface area (Å²) < 4.78 is 0. The molecule has 8 nitrogen and oxygen atoms in total. The summed E-state index contributed by atoms with van der Waals surface area (Å²) in [5.41, 5.74) is 8.70. The van der Waals surface area contributed by atoms with Crippen LogP contribution in [0.15, 0.2) is 48.5 Å². The van der Waals surface area contributed by atoms with Crippen LogP contribution in [0.5, 0.6) is 0 Å². The van der Waals surface area contributed by atoms with Gasteiger partial charge in [-0.05, 0) is 48.9 Å². The molecular formula is C17H21N7O. The van der Waals surface area contributed by atoms with Gasteiger partial charge in [-0.15, -0.1) is 5.10 Å². The van der Waals surface area contributed by atoms with Gasteiger partial charge in [0.2, 0.25) is 0 Å². The number of para-hydroxylation sites is 1. The van der Waals surface area contributed by atoms with Crippen molar-refractivity contribution in [2.75, 3.05) is 6.54 Å². The molecule has 4 rings (SSSR count). The van der Waals surface area contributed by atoms with E-state index in [1.165, 1.54) is 0 Å². The van der Waals surface area contributed by atoms with E-state index in [1.54, 1.807) is 16.9 Å². The minimum atomic E-state index is 0.627. The van der Waals surface area contributed by atoms with E-state index < -0.39 is 0 Å². The summed E-state index contributed by atoms with van der Waals surface area (Å²) in [7, 11) is 0. The molecule has 0 fully saturated rings. The Kier molecular flexibility index (Phi) is 5.53. The molecule has 130 valence electrons. The Morgan fingerprint density at radius 3 is 2.12 bits per heavy atom. The molecule has 0 saturated carbocycles. The number of hydrogen-bond donors (Lipinski definition) is 2. The summed E-state index contributed by atoms with van der Waals surface area (Å²) in [4.78, 5) is 2.54. The lowest BCUT2D eigenvalue weighted by Gasteiger charge is -1.98. The highest BCUT2D eigenvalue weighted by Gasteiger charge is 2.00. The van der Waals surface area contributed by atoms with E-state index in [1.807, 2.05) is 36.4 Å². The molecule has 2 aromatic carbocycles. The molecule has 8 heteroatoms. The molecule has 0 radical (unpaired) electrons. The Labute approximate surface area is 144 Å². The average Bonchev–Trinajstić information content (AvgIpc) is 3.23. The summed E-state index contributed by atoms with van der Waals surface area (Å²) in [5.74, 6) is 0. The van der Waals surface area contributed by atoms with Crippen LogP contribution in [0.1, 0.15) is 19.3 Å². The third kappa shape index (κ3) is 4.30. The van der Waals surface area contributed by atoms with Gasteiger partial charge in [-0.3, -0.25) is 0 Å². The highest BCUT2D eigenvalue weighted by molar-refractivity contribution is 5.73. The lowest BCUT2D eigenvalue weighted by atomic mass is 10.2. The summed E-state index contributed by atoms with van der Waals surface area (Å²) in [6.45, 7) is 1.66. The van der Waals surface area contributed by atoms with Crippen molar-refractivity contribution in [1.82, 2.24) is 30.2 Å². The van der Waals surface area contributed by atoms with Crippen LogP contribution in [0.2, 0.25) is 0 Å². The number of nitrogens with zero attached hydrogens (tertiary/aromatic N) is 6. The van der Waals surface area contributed by atoms with Gasteiger partial charge in [0.15, 0.2) is 0 Å². The molecule has 0 atom stereocenters. The molecule has 0 aliphatic rings. The smallest absolute Gasteiger partial charge is 0.130 e. The minimum Gasteiger partial charge on any atom is -0.410 e. The predicted octanol–water partition coefficient (Wildman–Crippen LogP) is 2.23. The Bertz CT molecular complexity index is 898. The van der Waals surface area contributed by atoms with Crippen LogP contribution in [-0.4, -0.2) is 41.9 Å². The third-order valence-corrected chi connectivity index (χ3v) is 3.72. The molecule has 0 unspecified atom stereocenters. The molecule has 0 saturated heterocycles. The highest BCUT2D eigenvalue weighted by atomic mass is 16.5. The molecule has 2 aromatic heterocycles. The zero-order chi connectivity index (χ0) is 17.5. The molecule has 2 heterocycles. The first-order valence-electron chi connectivity index (χ1n) is 8.27. The zero-order valence-electron chi connectivity index (χ0n) is 13.9. The fourth-order valence-corrected chi connectivity index (χ4v) is 2.44. The maximum Gasteiger partial charge on any atom is 0.130 e. The Morgan fingerprint density at radius 2 is 1.48 bits per heavy atom. The molecular weight excluding hydrogens is 318 g/mol. The molecule has 3 N–H and O–H groups in total. The number of fused-ring (bicyclic) bond motifs is 2. The molecule has 0 aliphatic carbocycles. The largest absolute Gasteiger partial charge is 0.410 e. The first-order valence-corrected chi connectivity index (χ1v) is 8.27. The van der Waals surface area contributed by atoms with Gasteiger partial charge < -0.3 is 10.9 Å². The second-order valence-electron chi connectivity index (χ2n) is 5.60. The van der Waals surface area contributed by atoms with E-state index in [4.69, 9.17) is 10.9 Å². The Balaban J connectivity index is 0.000000157. The van der Waals surface area contributed by atoms with Gasteiger partial charge in [-0.25, -0.2) is 0 Å². The van der Waals surface area contributed by atoms with Crippen molar-refractivity contribution < 1.29 is 5.21 Å². The average molecular weight is 339 g/mol. The van der Waals surface area contributed by atoms with Crippen LogP contribution in [0.4, 0.5) is 0 Å². The van der Waals surface area contributed by atoms with E-state index in [-0.39, 0.29) is 0 Å². The van der Waals surface area contributed by atoms with Crippen molar-refractivity contribution in [3.63, 3.8) is 0 Å². The van der Waals surface area contributed by atoms with Gasteiger partial charge in [0, 0.05) is 0 Å². The second kappa shape index (κ2) is 8.20. The van der Waals surface area contributed by atoms with Gasteiger partial charge in [-0.1, -0.05) is 35.5 Å². The normalized spacial score (nSPS) is 10.8. The van der Waals surface area contributed by atoms with Gasteiger partial charge in [0.1, 0.15) is 22.1 Å². The van der Waals surface area contributed by atoms with Crippen molar-refractivity contribution in [2.45, 2.75) is 25.8 Å². The fourth-order valence-electron chi connectivity index (χ4n) is 2.44. The van der Waals surface area contributed by atoms with Crippen molar-refractivity contribution in [1.29, 1.82) is 0 Å². The van der Waals surface area contributed by atoms with Crippen molar-refractivity contribution in [3.8, 4) is 0 Å². The lowest BCUT2D eigenvalue weighted by molar-refractivity contribution is 0.155. The molecule has 0 bridgehead atoms. The Morgan fingerprint density at radius 1 is 0.840 bits per heavy atom. The van der Waals surface area contributed by atoms with Gasteiger partial charge in [0.05, 0.1) is 6.54 Å². The molecule has 0 spiro atoms. The van der Waals surface area contributed by atoms with Crippen molar-refractivity contribution in [3.05, 3.63) is 48.5 Å². The highest BCUT2D eigenvalue weighted by Crippen LogP contribution is 2.08. The number of nitrogens with two attached hydrogens (primary N) is 1. The quantitative estimate of drug-likeness (QED) is 0.426. The van der Waals surface area contributed by atoms with E-state index in [2.05, 4.69) is 20.5 Å². The third-order valence-electron chi connectivity index (χ3n) is 3.72. The fraction of sp³-hybridized carbons (Fsp3) is 0.294. The van der Waals surface area contributed by atoms with E-state index in [9.17, 15) is 0 Å². The van der Waals surface area contributed by atoms with Crippen molar-refractivity contribution >= 4 is 22.1 Å². The first kappa shape index (κ1) is 16.8. The van der Waals surface area contributed by atoms with Crippen molar-refractivity contribution in [2.24, 2.45) is 5.73 Å². The minimum absolute atomic E-state index is 0.627. The predicted molar refractivity (Wildman–Crippen MR) is 95.1 cm³/mol. The van der Waals surface area contributed by atoms with Gasteiger partial charge in [-0.2, -0.15) is 15.0 Å². The van der Waals surface area contributed by atoms with Crippen LogP contribution in [0, 0.1) is 0 Å². The number of unbranched alkanes of at least 4 members (excludes halogenated alkanes) is 2. The lowest BCUT2D eigenvalue weighted by Crippen LogP contribution is -2.04. The SMILES string of the molecule is NCCCCCn1nc2ccccc2n1.On1nnc2ccccc21. The van der Waals surface area contributed by atoms with Crippen LogP contribution in [0.25, 0.3) is 22.1 Å². The second-order valence-corrected chi connectivity index (χ2v) is 5.60. The first-order chi connectivity index (χ1) is 12.3.